The maximum Gasteiger partial charge on any atom is 0.338 e. The number of ether oxygens (including phenoxy) is 3. The number of hydrogen-bond acceptors (Lipinski definition) is 8. The molecule has 1 aliphatic heterocycles. The van der Waals surface area contributed by atoms with Gasteiger partial charge in [-0.05, 0) is 52.7 Å². The lowest BCUT2D eigenvalue weighted by molar-refractivity contribution is -0.335. The molecule has 8 nitrogen and oxygen atoms in total. The van der Waals surface area contributed by atoms with Crippen molar-refractivity contribution in [2.75, 3.05) is 0 Å². The van der Waals surface area contributed by atoms with Gasteiger partial charge in [0.05, 0.1) is 34.4 Å². The Morgan fingerprint density at radius 3 is 2.28 bits per heavy atom. The molecule has 1 heterocycles. The average Bonchev–Trinajstić information content (AvgIpc) is 2.90. The van der Waals surface area contributed by atoms with Crippen molar-refractivity contribution in [3.8, 4) is 0 Å². The molecular weight excluding hydrogens is 416 g/mol. The van der Waals surface area contributed by atoms with E-state index in [-0.39, 0.29) is 12.8 Å². The van der Waals surface area contributed by atoms with Gasteiger partial charge in [0.25, 0.3) is 0 Å². The highest BCUT2D eigenvalue weighted by atomic mass is 16.6. The molecule has 0 unspecified atom stereocenters. The number of aliphatic hydroxyl groups excluding tert-OH is 2. The third kappa shape index (κ3) is 2.89. The van der Waals surface area contributed by atoms with Crippen molar-refractivity contribution in [2.24, 2.45) is 11.3 Å². The van der Waals surface area contributed by atoms with Gasteiger partial charge >= 0.3 is 11.9 Å². The van der Waals surface area contributed by atoms with Crippen LogP contribution in [0.1, 0.15) is 57.8 Å². The topological polar surface area (TPSA) is 123 Å². The van der Waals surface area contributed by atoms with Crippen molar-refractivity contribution in [3.05, 3.63) is 35.9 Å². The molecule has 8 atom stereocenters. The van der Waals surface area contributed by atoms with Crippen LogP contribution < -0.4 is 0 Å². The van der Waals surface area contributed by atoms with Gasteiger partial charge in [0.2, 0.25) is 0 Å². The highest BCUT2D eigenvalue weighted by Crippen LogP contribution is 2.67. The highest BCUT2D eigenvalue weighted by Gasteiger charge is 2.83. The zero-order chi connectivity index (χ0) is 23.7. The van der Waals surface area contributed by atoms with Crippen LogP contribution in [0, 0.1) is 11.3 Å². The van der Waals surface area contributed by atoms with Gasteiger partial charge in [-0.3, -0.25) is 4.79 Å². The first-order valence-corrected chi connectivity index (χ1v) is 11.0. The Morgan fingerprint density at radius 2 is 1.69 bits per heavy atom. The first-order valence-electron chi connectivity index (χ1n) is 11.0. The number of carbonyl (C=O) groups is 2. The second kappa shape index (κ2) is 7.25. The molecular formula is C24H32O8. The predicted molar refractivity (Wildman–Crippen MR) is 113 cm³/mol. The van der Waals surface area contributed by atoms with E-state index in [1.807, 2.05) is 0 Å². The van der Waals surface area contributed by atoms with Crippen molar-refractivity contribution >= 4 is 11.9 Å². The van der Waals surface area contributed by atoms with Crippen LogP contribution in [0.4, 0.5) is 0 Å². The summed E-state index contributed by atoms with van der Waals surface area (Å²) in [5.74, 6) is -2.05. The lowest BCUT2D eigenvalue weighted by Crippen LogP contribution is -2.80. The van der Waals surface area contributed by atoms with E-state index in [0.29, 0.717) is 5.56 Å². The molecule has 1 saturated heterocycles. The predicted octanol–water partition coefficient (Wildman–Crippen LogP) is 1.59. The molecule has 3 fully saturated rings. The van der Waals surface area contributed by atoms with Gasteiger partial charge in [0, 0.05) is 12.8 Å². The smallest absolute Gasteiger partial charge is 0.338 e. The molecule has 8 heteroatoms. The van der Waals surface area contributed by atoms with Crippen LogP contribution in [0.2, 0.25) is 0 Å². The number of benzene rings is 1. The maximum atomic E-state index is 13.0. The van der Waals surface area contributed by atoms with E-state index < -0.39 is 64.5 Å². The minimum Gasteiger partial charge on any atom is -0.462 e. The first-order chi connectivity index (χ1) is 14.8. The molecule has 32 heavy (non-hydrogen) atoms. The van der Waals surface area contributed by atoms with E-state index in [9.17, 15) is 24.9 Å². The Hall–Kier alpha value is -2.00. The fourth-order valence-corrected chi connectivity index (χ4v) is 6.62. The minimum atomic E-state index is -1.65. The Balaban J connectivity index is 1.89. The van der Waals surface area contributed by atoms with Crippen LogP contribution in [-0.2, 0) is 19.0 Å². The summed E-state index contributed by atoms with van der Waals surface area (Å²) in [6.07, 6.45) is -4.24. The Morgan fingerprint density at radius 1 is 1.06 bits per heavy atom. The summed E-state index contributed by atoms with van der Waals surface area (Å²) >= 11 is 0. The van der Waals surface area contributed by atoms with Gasteiger partial charge in [-0.1, -0.05) is 18.2 Å². The van der Waals surface area contributed by atoms with Gasteiger partial charge in [-0.15, -0.1) is 0 Å². The molecule has 3 aliphatic rings. The van der Waals surface area contributed by atoms with E-state index in [1.165, 1.54) is 6.92 Å². The lowest BCUT2D eigenvalue weighted by Gasteiger charge is -2.64. The monoisotopic (exact) mass is 448 g/mol. The van der Waals surface area contributed by atoms with Crippen molar-refractivity contribution < 1.29 is 39.1 Å². The van der Waals surface area contributed by atoms with Gasteiger partial charge in [-0.2, -0.15) is 0 Å². The fourth-order valence-electron chi connectivity index (χ4n) is 6.62. The summed E-state index contributed by atoms with van der Waals surface area (Å²) in [5.41, 5.74) is -5.37. The molecule has 0 radical (unpaired) electrons. The van der Waals surface area contributed by atoms with E-state index in [1.54, 1.807) is 58.0 Å². The van der Waals surface area contributed by atoms with Crippen molar-refractivity contribution in [1.82, 2.24) is 0 Å². The summed E-state index contributed by atoms with van der Waals surface area (Å²) in [6, 6.07) is 8.36. The first kappa shape index (κ1) is 23.2. The molecule has 3 N–H and O–H groups in total. The Bertz CT molecular complexity index is 912. The van der Waals surface area contributed by atoms with Gasteiger partial charge in [-0.25, -0.2) is 4.79 Å². The SMILES string of the molecule is CC(=O)O[C@H]1CC[C@](C)(O)[C@]23OC(C)(C)[C@H]([C@H](O)[C@H](OC(=O)c4ccccc4)[C@]12C)[C@H]3O. The molecule has 1 aromatic carbocycles. The summed E-state index contributed by atoms with van der Waals surface area (Å²) in [4.78, 5) is 25.0. The van der Waals surface area contributed by atoms with Crippen LogP contribution in [0.15, 0.2) is 30.3 Å². The number of aliphatic hydroxyl groups is 3. The zero-order valence-corrected chi connectivity index (χ0v) is 19.1. The fraction of sp³-hybridized carbons (Fsp3) is 0.667. The van der Waals surface area contributed by atoms with Gasteiger partial charge in [0.15, 0.2) is 0 Å². The molecule has 4 rings (SSSR count). The van der Waals surface area contributed by atoms with E-state index in [2.05, 4.69) is 0 Å². The third-order valence-corrected chi connectivity index (χ3v) is 7.97. The standard InChI is InChI=1S/C24H32O8/c1-13(25)30-15-11-12-22(4,29)24-18(27)16(21(2,3)32-24)17(26)19(23(15,24)5)31-20(28)14-9-7-6-8-10-14/h6-10,15-19,26-27,29H,11-12H2,1-5H3/t15-,16+,17-,18+,19-,22-,23-,24-/m0/s1. The molecule has 2 bridgehead atoms. The highest BCUT2D eigenvalue weighted by molar-refractivity contribution is 5.89. The Labute approximate surface area is 187 Å². The van der Waals surface area contributed by atoms with E-state index >= 15 is 0 Å². The summed E-state index contributed by atoms with van der Waals surface area (Å²) in [5, 5.41) is 34.5. The number of rotatable bonds is 3. The molecule has 2 saturated carbocycles. The van der Waals surface area contributed by atoms with Crippen LogP contribution in [0.3, 0.4) is 0 Å². The van der Waals surface area contributed by atoms with Crippen LogP contribution in [-0.4, -0.2) is 68.5 Å². The van der Waals surface area contributed by atoms with Crippen LogP contribution >= 0.6 is 0 Å². The quantitative estimate of drug-likeness (QED) is 0.596. The number of fused-ring (bicyclic) bond motifs is 1. The van der Waals surface area contributed by atoms with Crippen molar-refractivity contribution in [3.63, 3.8) is 0 Å². The van der Waals surface area contributed by atoms with E-state index in [4.69, 9.17) is 14.2 Å². The Kier molecular flexibility index (Phi) is 5.25. The molecule has 1 spiro atoms. The number of carbonyl (C=O) groups excluding carboxylic acids is 2. The molecule has 176 valence electrons. The molecule has 0 aromatic heterocycles. The second-order valence-corrected chi connectivity index (χ2v) is 10.3. The largest absolute Gasteiger partial charge is 0.462 e. The van der Waals surface area contributed by atoms with Crippen molar-refractivity contribution in [2.45, 2.75) is 88.7 Å². The molecule has 0 amide bonds. The third-order valence-electron chi connectivity index (χ3n) is 7.97. The van der Waals surface area contributed by atoms with Gasteiger partial charge in [0.1, 0.15) is 17.8 Å². The summed E-state index contributed by atoms with van der Waals surface area (Å²) in [7, 11) is 0. The zero-order valence-electron chi connectivity index (χ0n) is 19.1. The second-order valence-electron chi connectivity index (χ2n) is 10.3. The van der Waals surface area contributed by atoms with Crippen LogP contribution in [0.5, 0.6) is 0 Å². The maximum absolute atomic E-state index is 13.0. The van der Waals surface area contributed by atoms with Crippen LogP contribution in [0.25, 0.3) is 0 Å². The van der Waals surface area contributed by atoms with Gasteiger partial charge < -0.3 is 29.5 Å². The minimum absolute atomic E-state index is 0.190. The number of esters is 2. The van der Waals surface area contributed by atoms with Crippen molar-refractivity contribution in [1.29, 1.82) is 0 Å². The molecule has 1 aromatic rings. The average molecular weight is 449 g/mol. The summed E-state index contributed by atoms with van der Waals surface area (Å²) in [6.45, 7) is 7.95. The molecule has 2 aliphatic carbocycles. The number of hydrogen-bond donors (Lipinski definition) is 3. The normalized spacial score (nSPS) is 44.4. The van der Waals surface area contributed by atoms with E-state index in [0.717, 1.165) is 0 Å². The lowest BCUT2D eigenvalue weighted by atomic mass is 9.47. The summed E-state index contributed by atoms with van der Waals surface area (Å²) < 4.78 is 18.0.